The summed E-state index contributed by atoms with van der Waals surface area (Å²) < 4.78 is 0. The summed E-state index contributed by atoms with van der Waals surface area (Å²) in [4.78, 5) is 20.7. The van der Waals surface area contributed by atoms with Gasteiger partial charge in [-0.15, -0.1) is 0 Å². The second-order valence-corrected chi connectivity index (χ2v) is 7.13. The molecule has 128 valence electrons. The Balaban J connectivity index is 1.37. The molecule has 7 heteroatoms. The van der Waals surface area contributed by atoms with E-state index < -0.39 is 0 Å². The van der Waals surface area contributed by atoms with E-state index in [9.17, 15) is 10.1 Å². The number of hydrogen-bond acceptors (Lipinski definition) is 6. The van der Waals surface area contributed by atoms with Gasteiger partial charge in [0.25, 0.3) is 0 Å². The molecular weight excluding hydrogens is 316 g/mol. The fourth-order valence-electron chi connectivity index (χ4n) is 4.47. The highest BCUT2D eigenvalue weighted by molar-refractivity contribution is 5.80. The number of amides is 1. The van der Waals surface area contributed by atoms with Crippen LogP contribution in [0.25, 0.3) is 0 Å². The minimum absolute atomic E-state index is 0.0552. The quantitative estimate of drug-likeness (QED) is 0.827. The molecule has 4 atom stereocenters. The number of carbonyl (C=O) groups is 1. The summed E-state index contributed by atoms with van der Waals surface area (Å²) in [6, 6.07) is 4.49. The van der Waals surface area contributed by atoms with Crippen LogP contribution in [-0.4, -0.2) is 47.0 Å². The van der Waals surface area contributed by atoms with Gasteiger partial charge in [-0.2, -0.15) is 10.5 Å². The van der Waals surface area contributed by atoms with Crippen LogP contribution in [0, 0.1) is 28.7 Å². The van der Waals surface area contributed by atoms with E-state index in [1.165, 1.54) is 0 Å². The van der Waals surface area contributed by atoms with E-state index in [0.29, 0.717) is 18.2 Å². The van der Waals surface area contributed by atoms with Crippen molar-refractivity contribution in [2.24, 2.45) is 5.92 Å². The van der Waals surface area contributed by atoms with Crippen molar-refractivity contribution in [1.82, 2.24) is 15.2 Å². The number of anilines is 1. The second-order valence-electron chi connectivity index (χ2n) is 7.13. The maximum Gasteiger partial charge on any atom is 0.225 e. The number of nitriles is 2. The normalized spacial score (nSPS) is 30.2. The highest BCUT2D eigenvalue weighted by atomic mass is 16.2. The molecule has 0 spiro atoms. The number of hydrogen-bond donors (Lipinski definition) is 1. The molecule has 25 heavy (non-hydrogen) atoms. The summed E-state index contributed by atoms with van der Waals surface area (Å²) in [5, 5.41) is 21.4. The number of aromatic nitrogens is 1. The number of fused-ring (bicyclic) bond motifs is 2. The lowest BCUT2D eigenvalue weighted by Crippen LogP contribution is -2.46. The molecule has 0 aromatic carbocycles. The first-order valence-corrected chi connectivity index (χ1v) is 8.78. The van der Waals surface area contributed by atoms with Gasteiger partial charge >= 0.3 is 0 Å². The van der Waals surface area contributed by atoms with Gasteiger partial charge in [-0.05, 0) is 31.7 Å². The summed E-state index contributed by atoms with van der Waals surface area (Å²) >= 11 is 0. The van der Waals surface area contributed by atoms with Crippen LogP contribution in [0.4, 0.5) is 5.69 Å². The van der Waals surface area contributed by atoms with Crippen molar-refractivity contribution < 1.29 is 4.79 Å². The number of pyridine rings is 1. The molecular formula is C18H20N6O. The van der Waals surface area contributed by atoms with Gasteiger partial charge in [0.1, 0.15) is 6.07 Å². The Morgan fingerprint density at radius 1 is 1.28 bits per heavy atom. The zero-order valence-corrected chi connectivity index (χ0v) is 13.9. The first-order valence-electron chi connectivity index (χ1n) is 8.78. The Bertz CT molecular complexity index is 766. The molecule has 3 aliphatic rings. The molecule has 4 rings (SSSR count). The third kappa shape index (κ3) is 2.76. The summed E-state index contributed by atoms with van der Waals surface area (Å²) in [5.41, 5.74) is 1.42. The SMILES string of the molecule is N#Cc1cncc(N2CCC(C(=O)N[C@@H]3C[C@@H]4CC[C@H]3N4C#N)C2)c1. The van der Waals surface area contributed by atoms with Crippen molar-refractivity contribution in [1.29, 1.82) is 10.5 Å². The van der Waals surface area contributed by atoms with Crippen LogP contribution in [0.3, 0.4) is 0 Å². The number of rotatable bonds is 3. The topological polar surface area (TPSA) is 96.0 Å². The van der Waals surface area contributed by atoms with Gasteiger partial charge in [0.15, 0.2) is 6.19 Å². The van der Waals surface area contributed by atoms with Gasteiger partial charge in [-0.1, -0.05) is 0 Å². The van der Waals surface area contributed by atoms with Crippen LogP contribution in [0.15, 0.2) is 18.5 Å². The average Bonchev–Trinajstić information content (AvgIpc) is 3.35. The number of carbonyl (C=O) groups excluding carboxylic acids is 1. The predicted molar refractivity (Wildman–Crippen MR) is 90.1 cm³/mol. The fourth-order valence-corrected chi connectivity index (χ4v) is 4.47. The molecule has 1 unspecified atom stereocenters. The summed E-state index contributed by atoms with van der Waals surface area (Å²) in [6.45, 7) is 1.43. The van der Waals surface area contributed by atoms with E-state index in [-0.39, 0.29) is 23.9 Å². The monoisotopic (exact) mass is 336 g/mol. The van der Waals surface area contributed by atoms with Gasteiger partial charge < -0.3 is 15.1 Å². The Morgan fingerprint density at radius 2 is 2.16 bits per heavy atom. The average molecular weight is 336 g/mol. The molecule has 3 fully saturated rings. The molecule has 3 aliphatic heterocycles. The highest BCUT2D eigenvalue weighted by Crippen LogP contribution is 2.37. The van der Waals surface area contributed by atoms with Crippen LogP contribution in [0.2, 0.25) is 0 Å². The Labute approximate surface area is 146 Å². The molecule has 0 saturated carbocycles. The largest absolute Gasteiger partial charge is 0.369 e. The Hall–Kier alpha value is -2.80. The van der Waals surface area contributed by atoms with E-state index in [1.807, 2.05) is 11.0 Å². The third-order valence-corrected chi connectivity index (χ3v) is 5.76. The highest BCUT2D eigenvalue weighted by Gasteiger charge is 2.47. The molecule has 3 saturated heterocycles. The van der Waals surface area contributed by atoms with Crippen molar-refractivity contribution in [3.8, 4) is 12.3 Å². The van der Waals surface area contributed by atoms with Gasteiger partial charge in [0.2, 0.25) is 5.91 Å². The zero-order valence-electron chi connectivity index (χ0n) is 13.9. The maximum atomic E-state index is 12.7. The lowest BCUT2D eigenvalue weighted by molar-refractivity contribution is -0.125. The molecule has 1 N–H and O–H groups in total. The van der Waals surface area contributed by atoms with Crippen LogP contribution in [-0.2, 0) is 4.79 Å². The van der Waals surface area contributed by atoms with Crippen molar-refractivity contribution in [3.63, 3.8) is 0 Å². The van der Waals surface area contributed by atoms with Gasteiger partial charge in [-0.25, -0.2) is 0 Å². The van der Waals surface area contributed by atoms with E-state index in [0.717, 1.165) is 37.9 Å². The van der Waals surface area contributed by atoms with Crippen molar-refractivity contribution >= 4 is 11.6 Å². The van der Waals surface area contributed by atoms with Crippen LogP contribution in [0.5, 0.6) is 0 Å². The molecule has 2 bridgehead atoms. The predicted octanol–water partition coefficient (Wildman–Crippen LogP) is 0.982. The summed E-state index contributed by atoms with van der Waals surface area (Å²) in [7, 11) is 0. The molecule has 4 heterocycles. The molecule has 1 aromatic rings. The minimum atomic E-state index is -0.0552. The third-order valence-electron chi connectivity index (χ3n) is 5.76. The lowest BCUT2D eigenvalue weighted by Gasteiger charge is -2.24. The standard InChI is InChI=1S/C18H20N6O/c19-7-12-5-15(9-21-8-12)23-4-3-13(10-23)18(25)22-16-6-14-1-2-17(16)24(14)11-20/h5,8-9,13-14,16-17H,1-4,6,10H2,(H,22,25)/t13?,14-,16+,17+/m0/s1. The summed E-state index contributed by atoms with van der Waals surface area (Å²) in [5.74, 6) is 0.0303. The maximum absolute atomic E-state index is 12.7. The van der Waals surface area contributed by atoms with Crippen LogP contribution >= 0.6 is 0 Å². The molecule has 1 amide bonds. The number of nitrogens with one attached hydrogen (secondary N) is 1. The van der Waals surface area contributed by atoms with E-state index in [4.69, 9.17) is 5.26 Å². The van der Waals surface area contributed by atoms with Gasteiger partial charge in [0.05, 0.1) is 35.4 Å². The van der Waals surface area contributed by atoms with E-state index in [2.05, 4.69) is 27.5 Å². The summed E-state index contributed by atoms with van der Waals surface area (Å²) in [6.07, 6.45) is 9.29. The minimum Gasteiger partial charge on any atom is -0.369 e. The molecule has 0 radical (unpaired) electrons. The van der Waals surface area contributed by atoms with Crippen molar-refractivity contribution in [2.45, 2.75) is 43.8 Å². The first-order chi connectivity index (χ1) is 12.2. The Morgan fingerprint density at radius 3 is 2.92 bits per heavy atom. The van der Waals surface area contributed by atoms with Gasteiger partial charge in [-0.3, -0.25) is 9.78 Å². The smallest absolute Gasteiger partial charge is 0.225 e. The zero-order chi connectivity index (χ0) is 17.4. The lowest BCUT2D eigenvalue weighted by atomic mass is 9.95. The van der Waals surface area contributed by atoms with Crippen molar-refractivity contribution in [2.75, 3.05) is 18.0 Å². The molecule has 7 nitrogen and oxygen atoms in total. The molecule has 0 aliphatic carbocycles. The van der Waals surface area contributed by atoms with E-state index >= 15 is 0 Å². The number of nitrogens with zero attached hydrogens (tertiary/aromatic N) is 5. The van der Waals surface area contributed by atoms with E-state index in [1.54, 1.807) is 12.4 Å². The van der Waals surface area contributed by atoms with Crippen LogP contribution in [0.1, 0.15) is 31.2 Å². The van der Waals surface area contributed by atoms with Crippen LogP contribution < -0.4 is 10.2 Å². The first kappa shape index (κ1) is 15.7. The van der Waals surface area contributed by atoms with Crippen molar-refractivity contribution in [3.05, 3.63) is 24.0 Å². The fraction of sp³-hybridized carbons (Fsp3) is 0.556. The second kappa shape index (κ2) is 6.25. The Kier molecular flexibility index (Phi) is 3.93. The van der Waals surface area contributed by atoms with Gasteiger partial charge in [0, 0.05) is 25.3 Å². The molecule has 1 aromatic heterocycles.